The van der Waals surface area contributed by atoms with Crippen LogP contribution in [0.4, 0.5) is 5.69 Å². The molecule has 0 spiro atoms. The van der Waals surface area contributed by atoms with E-state index in [2.05, 4.69) is 5.32 Å². The predicted molar refractivity (Wildman–Crippen MR) is 120 cm³/mol. The fraction of sp³-hybridized carbons (Fsp3) is 0.333. The molecule has 1 aliphatic rings. The van der Waals surface area contributed by atoms with E-state index in [9.17, 15) is 19.2 Å². The molecule has 0 aromatic heterocycles. The van der Waals surface area contributed by atoms with Crippen molar-refractivity contribution in [2.75, 3.05) is 11.9 Å². The van der Waals surface area contributed by atoms with E-state index in [-0.39, 0.29) is 18.2 Å². The third-order valence-corrected chi connectivity index (χ3v) is 5.67. The minimum absolute atomic E-state index is 0.128. The Labute approximate surface area is 191 Å². The van der Waals surface area contributed by atoms with Crippen LogP contribution in [0.3, 0.4) is 0 Å². The topological polar surface area (TPSA) is 92.8 Å². The van der Waals surface area contributed by atoms with Gasteiger partial charge in [0.25, 0.3) is 0 Å². The van der Waals surface area contributed by atoms with Crippen LogP contribution in [0.25, 0.3) is 0 Å². The third kappa shape index (κ3) is 4.89. The maximum absolute atomic E-state index is 13.3. The highest BCUT2D eigenvalue weighted by Gasteiger charge is 2.54. The van der Waals surface area contributed by atoms with Crippen molar-refractivity contribution in [2.45, 2.75) is 33.5 Å². The number of amides is 2. The van der Waals surface area contributed by atoms with E-state index in [0.29, 0.717) is 5.69 Å². The summed E-state index contributed by atoms with van der Waals surface area (Å²) in [5.41, 5.74) is 1.96. The van der Waals surface area contributed by atoms with Gasteiger partial charge in [-0.05, 0) is 44.0 Å². The quantitative estimate of drug-likeness (QED) is 0.615. The zero-order chi connectivity index (χ0) is 23.4. The number of Topliss-reactive ketones (excluding diaryl/α,β-unsaturated/α-hetero) is 2. The van der Waals surface area contributed by atoms with Gasteiger partial charge < -0.3 is 15.0 Å². The number of carbonyl (C=O) groups excluding carboxylic acids is 4. The highest BCUT2D eigenvalue weighted by atomic mass is 35.5. The average Bonchev–Trinajstić information content (AvgIpc) is 2.96. The number of aryl methyl sites for hydroxylation is 1. The molecule has 1 saturated heterocycles. The Hall–Kier alpha value is -3.03. The van der Waals surface area contributed by atoms with Crippen LogP contribution in [0.5, 0.6) is 0 Å². The number of rotatable bonds is 8. The number of hydrogen-bond donors (Lipinski definition) is 1. The molecule has 7 nitrogen and oxygen atoms in total. The van der Waals surface area contributed by atoms with Gasteiger partial charge in [0.2, 0.25) is 11.8 Å². The summed E-state index contributed by atoms with van der Waals surface area (Å²) in [5.74, 6) is -5.50. The van der Waals surface area contributed by atoms with E-state index in [1.54, 1.807) is 25.1 Å². The minimum atomic E-state index is -1.49. The molecule has 0 aliphatic carbocycles. The van der Waals surface area contributed by atoms with Gasteiger partial charge in [-0.3, -0.25) is 19.2 Å². The van der Waals surface area contributed by atoms with Gasteiger partial charge in [0.15, 0.2) is 12.0 Å². The molecule has 2 aromatic rings. The van der Waals surface area contributed by atoms with E-state index in [1.807, 2.05) is 37.3 Å². The second kappa shape index (κ2) is 10.1. The van der Waals surface area contributed by atoms with Gasteiger partial charge >= 0.3 is 0 Å². The van der Waals surface area contributed by atoms with Crippen LogP contribution in [-0.4, -0.2) is 41.1 Å². The summed E-state index contributed by atoms with van der Waals surface area (Å²) in [6, 6.07) is 14.2. The summed E-state index contributed by atoms with van der Waals surface area (Å²) >= 11 is 6.16. The number of benzene rings is 2. The molecule has 2 aromatic carbocycles. The molecule has 0 radical (unpaired) electrons. The van der Waals surface area contributed by atoms with Crippen LogP contribution in [-0.2, 0) is 30.5 Å². The van der Waals surface area contributed by atoms with Gasteiger partial charge in [-0.25, -0.2) is 0 Å². The number of ketones is 2. The van der Waals surface area contributed by atoms with Crippen LogP contribution >= 0.6 is 11.6 Å². The van der Waals surface area contributed by atoms with Crippen molar-refractivity contribution in [3.8, 4) is 0 Å². The maximum Gasteiger partial charge on any atom is 0.237 e. The lowest BCUT2D eigenvalue weighted by molar-refractivity contribution is -0.144. The molecule has 32 heavy (non-hydrogen) atoms. The fourth-order valence-corrected chi connectivity index (χ4v) is 3.98. The molecule has 2 amide bonds. The molecular weight excluding hydrogens is 432 g/mol. The van der Waals surface area contributed by atoms with E-state index in [4.69, 9.17) is 16.3 Å². The lowest BCUT2D eigenvalue weighted by Crippen LogP contribution is -2.41. The third-order valence-electron chi connectivity index (χ3n) is 5.34. The highest BCUT2D eigenvalue weighted by Crippen LogP contribution is 2.32. The second-order valence-electron chi connectivity index (χ2n) is 7.70. The summed E-state index contributed by atoms with van der Waals surface area (Å²) in [4.78, 5) is 53.3. The Morgan fingerprint density at radius 1 is 1.16 bits per heavy atom. The van der Waals surface area contributed by atoms with Crippen LogP contribution in [0.2, 0.25) is 5.02 Å². The number of nitrogens with one attached hydrogen (secondary N) is 1. The van der Waals surface area contributed by atoms with Gasteiger partial charge in [-0.1, -0.05) is 48.0 Å². The zero-order valence-corrected chi connectivity index (χ0v) is 18.9. The predicted octanol–water partition coefficient (Wildman–Crippen LogP) is 3.38. The minimum Gasteiger partial charge on any atom is -0.351 e. The number of anilines is 1. The summed E-state index contributed by atoms with van der Waals surface area (Å²) in [5, 5.41) is 2.89. The van der Waals surface area contributed by atoms with Crippen molar-refractivity contribution in [3.05, 3.63) is 64.7 Å². The van der Waals surface area contributed by atoms with E-state index < -0.39 is 41.4 Å². The number of hydrogen-bond acceptors (Lipinski definition) is 5. The van der Waals surface area contributed by atoms with Crippen molar-refractivity contribution in [1.29, 1.82) is 0 Å². The standard InChI is InChI=1S/C24H25ClN2O5/c1-4-32-24-21(29)20(23(31)27(24)13-16-8-6-5-7-9-16)19(15(3)28)22(30)26-18-12-14(2)10-11-17(18)25/h5-12,19-20,24H,4,13H2,1-3H3,(H,26,30). The van der Waals surface area contributed by atoms with E-state index in [1.165, 1.54) is 11.8 Å². The van der Waals surface area contributed by atoms with Crippen molar-refractivity contribution in [3.63, 3.8) is 0 Å². The molecule has 0 bridgehead atoms. The SMILES string of the molecule is CCOC1C(=O)C(C(C(C)=O)C(=O)Nc2cc(C)ccc2Cl)C(=O)N1Cc1ccccc1. The summed E-state index contributed by atoms with van der Waals surface area (Å²) < 4.78 is 5.55. The second-order valence-corrected chi connectivity index (χ2v) is 8.11. The van der Waals surface area contributed by atoms with Crippen molar-refractivity contribution in [1.82, 2.24) is 4.90 Å². The zero-order valence-electron chi connectivity index (χ0n) is 18.1. The largest absolute Gasteiger partial charge is 0.351 e. The average molecular weight is 457 g/mol. The van der Waals surface area contributed by atoms with Crippen LogP contribution < -0.4 is 5.32 Å². The first-order valence-corrected chi connectivity index (χ1v) is 10.7. The Bertz CT molecular complexity index is 1040. The van der Waals surface area contributed by atoms with Crippen molar-refractivity contribution >= 4 is 40.7 Å². The lowest BCUT2D eigenvalue weighted by Gasteiger charge is -2.23. The van der Waals surface area contributed by atoms with Crippen molar-refractivity contribution in [2.24, 2.45) is 11.8 Å². The van der Waals surface area contributed by atoms with Gasteiger partial charge in [0.05, 0.1) is 10.7 Å². The van der Waals surface area contributed by atoms with Gasteiger partial charge in [-0.15, -0.1) is 0 Å². The monoisotopic (exact) mass is 456 g/mol. The van der Waals surface area contributed by atoms with Crippen LogP contribution in [0.15, 0.2) is 48.5 Å². The smallest absolute Gasteiger partial charge is 0.237 e. The molecule has 0 saturated carbocycles. The molecule has 3 atom stereocenters. The summed E-state index contributed by atoms with van der Waals surface area (Å²) in [6.45, 7) is 5.05. The first-order chi connectivity index (χ1) is 15.2. The van der Waals surface area contributed by atoms with Gasteiger partial charge in [0.1, 0.15) is 17.6 Å². The first kappa shape index (κ1) is 23.6. The van der Waals surface area contributed by atoms with Crippen LogP contribution in [0, 0.1) is 18.8 Å². The fourth-order valence-electron chi connectivity index (χ4n) is 3.82. The molecule has 1 fully saturated rings. The molecule has 1 heterocycles. The molecule has 1 N–H and O–H groups in total. The lowest BCUT2D eigenvalue weighted by atomic mass is 9.86. The normalized spacial score (nSPS) is 19.2. The first-order valence-electron chi connectivity index (χ1n) is 10.3. The molecule has 3 unspecified atom stereocenters. The number of ether oxygens (including phenoxy) is 1. The Kier molecular flexibility index (Phi) is 7.43. The molecule has 8 heteroatoms. The Morgan fingerprint density at radius 3 is 2.47 bits per heavy atom. The molecule has 168 valence electrons. The summed E-state index contributed by atoms with van der Waals surface area (Å²) in [7, 11) is 0. The van der Waals surface area contributed by atoms with Crippen LogP contribution in [0.1, 0.15) is 25.0 Å². The van der Waals surface area contributed by atoms with Gasteiger partial charge in [-0.2, -0.15) is 0 Å². The maximum atomic E-state index is 13.3. The molecular formula is C24H25ClN2O5. The molecule has 1 aliphatic heterocycles. The van der Waals surface area contributed by atoms with Crippen molar-refractivity contribution < 1.29 is 23.9 Å². The Balaban J connectivity index is 1.91. The van der Waals surface area contributed by atoms with E-state index >= 15 is 0 Å². The summed E-state index contributed by atoms with van der Waals surface area (Å²) in [6.07, 6.45) is -1.16. The number of likely N-dealkylation sites (tertiary alicyclic amines) is 1. The highest BCUT2D eigenvalue weighted by molar-refractivity contribution is 6.34. The molecule has 3 rings (SSSR count). The number of nitrogens with zero attached hydrogens (tertiary/aromatic N) is 1. The Morgan fingerprint density at radius 2 is 1.84 bits per heavy atom. The van der Waals surface area contributed by atoms with E-state index in [0.717, 1.165) is 11.1 Å². The van der Waals surface area contributed by atoms with Gasteiger partial charge in [0, 0.05) is 13.2 Å². The number of carbonyl (C=O) groups is 4. The number of halogens is 1.